The number of anilines is 2. The molecule has 244 valence electrons. The van der Waals surface area contributed by atoms with E-state index in [9.17, 15) is 0 Å². The molecular formula is C51H35N. The molecule has 1 aliphatic carbocycles. The first-order valence-corrected chi connectivity index (χ1v) is 18.0. The lowest BCUT2D eigenvalue weighted by Gasteiger charge is -2.34. The lowest BCUT2D eigenvalue weighted by molar-refractivity contribution is 0.769. The number of hydrogen-bond acceptors (Lipinski definition) is 1. The average molecular weight is 662 g/mol. The zero-order valence-corrected chi connectivity index (χ0v) is 28.6. The van der Waals surface area contributed by atoms with Gasteiger partial charge in [-0.1, -0.05) is 170 Å². The number of nitrogens with one attached hydrogen (secondary N) is 1. The van der Waals surface area contributed by atoms with E-state index in [2.05, 4.69) is 212 Å². The Kier molecular flexibility index (Phi) is 7.11. The Morgan fingerprint density at radius 3 is 1.67 bits per heavy atom. The Balaban J connectivity index is 1.01. The molecule has 0 atom stereocenters. The Hall–Kier alpha value is -6.70. The zero-order valence-electron chi connectivity index (χ0n) is 28.6. The van der Waals surface area contributed by atoms with Gasteiger partial charge >= 0.3 is 0 Å². The molecule has 1 N–H and O–H groups in total. The first-order valence-electron chi connectivity index (χ1n) is 18.0. The van der Waals surface area contributed by atoms with E-state index < -0.39 is 5.41 Å². The van der Waals surface area contributed by atoms with Crippen molar-refractivity contribution in [1.82, 2.24) is 0 Å². The first kappa shape index (κ1) is 30.2. The van der Waals surface area contributed by atoms with Gasteiger partial charge in [0.25, 0.3) is 0 Å². The second kappa shape index (κ2) is 12.3. The van der Waals surface area contributed by atoms with E-state index in [1.165, 1.54) is 77.2 Å². The summed E-state index contributed by atoms with van der Waals surface area (Å²) in [6.45, 7) is 0. The highest BCUT2D eigenvalue weighted by Gasteiger charge is 2.46. The van der Waals surface area contributed by atoms with Crippen LogP contribution in [0.3, 0.4) is 0 Å². The zero-order chi connectivity index (χ0) is 34.5. The van der Waals surface area contributed by atoms with Crippen LogP contribution in [0.5, 0.6) is 0 Å². The number of rotatable bonds is 6. The van der Waals surface area contributed by atoms with Crippen molar-refractivity contribution in [2.24, 2.45) is 0 Å². The first-order chi connectivity index (χ1) is 25.8. The van der Waals surface area contributed by atoms with Gasteiger partial charge in [-0.2, -0.15) is 0 Å². The van der Waals surface area contributed by atoms with E-state index in [0.29, 0.717) is 0 Å². The Morgan fingerprint density at radius 2 is 0.885 bits per heavy atom. The summed E-state index contributed by atoms with van der Waals surface area (Å²) in [4.78, 5) is 0. The maximum absolute atomic E-state index is 3.75. The van der Waals surface area contributed by atoms with E-state index >= 15 is 0 Å². The molecule has 0 aromatic heterocycles. The molecule has 1 heteroatoms. The van der Waals surface area contributed by atoms with Gasteiger partial charge in [-0.05, 0) is 114 Å². The third-order valence-corrected chi connectivity index (χ3v) is 10.9. The number of benzene rings is 9. The fourth-order valence-electron chi connectivity index (χ4n) is 8.50. The fourth-order valence-corrected chi connectivity index (χ4v) is 8.50. The van der Waals surface area contributed by atoms with Gasteiger partial charge in [0.1, 0.15) is 0 Å². The molecule has 9 aromatic rings. The van der Waals surface area contributed by atoms with Crippen molar-refractivity contribution < 1.29 is 0 Å². The van der Waals surface area contributed by atoms with E-state index in [0.717, 1.165) is 11.4 Å². The Labute approximate surface area is 304 Å². The third-order valence-electron chi connectivity index (χ3n) is 10.9. The van der Waals surface area contributed by atoms with Gasteiger partial charge in [-0.25, -0.2) is 0 Å². The van der Waals surface area contributed by atoms with Crippen molar-refractivity contribution in [2.75, 3.05) is 5.32 Å². The molecule has 0 radical (unpaired) electrons. The second-order valence-corrected chi connectivity index (χ2v) is 13.8. The van der Waals surface area contributed by atoms with Gasteiger partial charge in [-0.15, -0.1) is 0 Å². The summed E-state index contributed by atoms with van der Waals surface area (Å²) in [5.74, 6) is 0. The van der Waals surface area contributed by atoms with E-state index in [-0.39, 0.29) is 0 Å². The summed E-state index contributed by atoms with van der Waals surface area (Å²) >= 11 is 0. The topological polar surface area (TPSA) is 12.0 Å². The molecule has 1 aliphatic rings. The summed E-state index contributed by atoms with van der Waals surface area (Å²) in [5, 5.41) is 8.78. The summed E-state index contributed by atoms with van der Waals surface area (Å²) < 4.78 is 0. The van der Waals surface area contributed by atoms with Crippen molar-refractivity contribution in [3.05, 3.63) is 229 Å². The molecule has 0 heterocycles. The molecule has 1 nitrogen and oxygen atoms in total. The molecule has 0 unspecified atom stereocenters. The maximum Gasteiger partial charge on any atom is 0.0714 e. The van der Waals surface area contributed by atoms with Crippen LogP contribution >= 0.6 is 0 Å². The molecule has 10 rings (SSSR count). The fraction of sp³-hybridized carbons (Fsp3) is 0.0196. The summed E-state index contributed by atoms with van der Waals surface area (Å²) in [7, 11) is 0. The van der Waals surface area contributed by atoms with E-state index in [1.54, 1.807) is 0 Å². The van der Waals surface area contributed by atoms with Gasteiger partial charge in [-0.3, -0.25) is 0 Å². The van der Waals surface area contributed by atoms with E-state index in [4.69, 9.17) is 0 Å². The smallest absolute Gasteiger partial charge is 0.0714 e. The molecule has 0 aliphatic heterocycles. The number of fused-ring (bicyclic) bond motifs is 5. The Morgan fingerprint density at radius 1 is 0.308 bits per heavy atom. The minimum absolute atomic E-state index is 0.419. The summed E-state index contributed by atoms with van der Waals surface area (Å²) in [5.41, 5.74) is 14.3. The van der Waals surface area contributed by atoms with Crippen molar-refractivity contribution >= 4 is 32.9 Å². The minimum Gasteiger partial charge on any atom is -0.356 e. The quantitative estimate of drug-likeness (QED) is 0.187. The van der Waals surface area contributed by atoms with Crippen LogP contribution in [-0.2, 0) is 5.41 Å². The summed E-state index contributed by atoms with van der Waals surface area (Å²) in [6.07, 6.45) is 0. The molecule has 0 amide bonds. The van der Waals surface area contributed by atoms with Crippen LogP contribution in [0.15, 0.2) is 206 Å². The predicted molar refractivity (Wildman–Crippen MR) is 219 cm³/mol. The molecule has 0 bridgehead atoms. The minimum atomic E-state index is -0.419. The SMILES string of the molecule is c1ccc(C2(c3ccccc3)c3ccccc3-c3ccc(Nc4ccc(-c5ccc6cccc(-c7ccc8ccccc8c7)c6c5)cc4)cc32)cc1. The van der Waals surface area contributed by atoms with Crippen molar-refractivity contribution in [1.29, 1.82) is 0 Å². The standard InChI is InChI=1S/C51H35N/c1-3-15-41(16-4-1)51(42-17-5-2-6-18-42)49-21-10-9-19-46(49)47-31-30-44(34-50(47)51)52-43-28-26-36(27-29-43)39-24-23-37-14-11-20-45(48(37)33-39)40-25-22-35-12-7-8-13-38(35)32-40/h1-34,52H. The highest BCUT2D eigenvalue weighted by molar-refractivity contribution is 6.01. The lowest BCUT2D eigenvalue weighted by Crippen LogP contribution is -2.28. The van der Waals surface area contributed by atoms with E-state index in [1.807, 2.05) is 0 Å². The molecular weight excluding hydrogens is 627 g/mol. The highest BCUT2D eigenvalue weighted by atomic mass is 14.9. The maximum atomic E-state index is 3.75. The lowest BCUT2D eigenvalue weighted by atomic mass is 9.67. The average Bonchev–Trinajstić information content (AvgIpc) is 3.51. The summed E-state index contributed by atoms with van der Waals surface area (Å²) in [6, 6.07) is 75.3. The van der Waals surface area contributed by atoms with Gasteiger partial charge in [0.05, 0.1) is 5.41 Å². The van der Waals surface area contributed by atoms with Gasteiger partial charge in [0.2, 0.25) is 0 Å². The molecule has 0 fully saturated rings. The second-order valence-electron chi connectivity index (χ2n) is 13.8. The Bertz CT molecular complexity index is 2700. The van der Waals surface area contributed by atoms with Crippen molar-refractivity contribution in [3.8, 4) is 33.4 Å². The third kappa shape index (κ3) is 4.86. The van der Waals surface area contributed by atoms with Crippen LogP contribution in [0.1, 0.15) is 22.3 Å². The van der Waals surface area contributed by atoms with Crippen LogP contribution in [0.25, 0.3) is 54.9 Å². The van der Waals surface area contributed by atoms with Crippen LogP contribution < -0.4 is 5.32 Å². The molecule has 9 aromatic carbocycles. The van der Waals surface area contributed by atoms with Gasteiger partial charge < -0.3 is 5.32 Å². The number of hydrogen-bond donors (Lipinski definition) is 1. The normalized spacial score (nSPS) is 12.8. The molecule has 52 heavy (non-hydrogen) atoms. The molecule has 0 saturated heterocycles. The van der Waals surface area contributed by atoms with Crippen LogP contribution in [0.4, 0.5) is 11.4 Å². The van der Waals surface area contributed by atoms with Crippen LogP contribution in [0, 0.1) is 0 Å². The van der Waals surface area contributed by atoms with Crippen molar-refractivity contribution in [3.63, 3.8) is 0 Å². The molecule has 0 spiro atoms. The van der Waals surface area contributed by atoms with Crippen LogP contribution in [-0.4, -0.2) is 0 Å². The largest absolute Gasteiger partial charge is 0.356 e. The van der Waals surface area contributed by atoms with Gasteiger partial charge in [0, 0.05) is 11.4 Å². The van der Waals surface area contributed by atoms with Crippen LogP contribution in [0.2, 0.25) is 0 Å². The molecule has 0 saturated carbocycles. The predicted octanol–water partition coefficient (Wildman–Crippen LogP) is 13.4. The van der Waals surface area contributed by atoms with Gasteiger partial charge in [0.15, 0.2) is 0 Å². The highest BCUT2D eigenvalue weighted by Crippen LogP contribution is 2.56. The monoisotopic (exact) mass is 661 g/mol. The van der Waals surface area contributed by atoms with Crippen molar-refractivity contribution in [2.45, 2.75) is 5.41 Å².